The van der Waals surface area contributed by atoms with E-state index in [0.717, 1.165) is 13.7 Å². The van der Waals surface area contributed by atoms with Gasteiger partial charge in [-0.25, -0.2) is 0 Å². The summed E-state index contributed by atoms with van der Waals surface area (Å²) in [6.45, 7) is 2.38. The van der Waals surface area contributed by atoms with Gasteiger partial charge in [0.1, 0.15) is 0 Å². The Kier molecular flexibility index (Phi) is 7.53. The molecule has 0 aromatic rings. The van der Waals surface area contributed by atoms with Gasteiger partial charge in [0.15, 0.2) is 0 Å². The number of thioether (sulfide) groups is 3. The van der Waals surface area contributed by atoms with E-state index in [4.69, 9.17) is 0 Å². The van der Waals surface area contributed by atoms with E-state index >= 15 is 0 Å². The Bertz CT molecular complexity index is 250. The van der Waals surface area contributed by atoms with Crippen LogP contribution in [0.4, 0.5) is 0 Å². The Balaban J connectivity index is 1.63. The summed E-state index contributed by atoms with van der Waals surface area (Å²) in [6, 6.07) is 0. The summed E-state index contributed by atoms with van der Waals surface area (Å²) in [5.74, 6) is 5.60. The van der Waals surface area contributed by atoms with Crippen LogP contribution in [0.2, 0.25) is 0 Å². The minimum atomic E-state index is -2.14. The van der Waals surface area contributed by atoms with E-state index in [-0.39, 0.29) is 0 Å². The van der Waals surface area contributed by atoms with Crippen LogP contribution in [0.15, 0.2) is 0 Å². The fourth-order valence-electron chi connectivity index (χ4n) is 1.77. The topological polar surface area (TPSA) is 0 Å². The van der Waals surface area contributed by atoms with Gasteiger partial charge in [-0.15, -0.1) is 0 Å². The third kappa shape index (κ3) is 4.86. The van der Waals surface area contributed by atoms with E-state index in [2.05, 4.69) is 78.0 Å². The Labute approximate surface area is 145 Å². The van der Waals surface area contributed by atoms with Gasteiger partial charge in [0, 0.05) is 0 Å². The van der Waals surface area contributed by atoms with Crippen LogP contribution in [-0.4, -0.2) is 49.6 Å². The second-order valence-electron chi connectivity index (χ2n) is 4.55. The quantitative estimate of drug-likeness (QED) is 0.388. The van der Waals surface area contributed by atoms with Crippen molar-refractivity contribution in [2.24, 2.45) is 0 Å². The molecule has 3 unspecified atom stereocenters. The summed E-state index contributed by atoms with van der Waals surface area (Å²) in [6.07, 6.45) is 4.44. The normalized spacial score (nSPS) is 36.8. The van der Waals surface area contributed by atoms with Gasteiger partial charge in [0.2, 0.25) is 0 Å². The molecule has 110 valence electrons. The van der Waals surface area contributed by atoms with Gasteiger partial charge in [-0.2, -0.15) is 0 Å². The molecule has 3 heterocycles. The van der Waals surface area contributed by atoms with Crippen LogP contribution in [0.3, 0.4) is 0 Å². The molecule has 3 rings (SSSR count). The van der Waals surface area contributed by atoms with Crippen LogP contribution in [-0.2, 0) is 0 Å². The monoisotopic (exact) mass is 496 g/mol. The molecule has 0 amide bonds. The Hall–Kier alpha value is 3.25. The first kappa shape index (κ1) is 17.1. The van der Waals surface area contributed by atoms with Crippen molar-refractivity contribution in [3.8, 4) is 0 Å². The average Bonchev–Trinajstić information content (AvgIpc) is 2.24. The second-order valence-corrected chi connectivity index (χ2v) is 50.9. The standard InChI is InChI=1S/3C3H6S2.C2H6S.Sn/c3*4-3-1-2-5-3;1-2-3;/h3*3-4H,1-2H2;3H,2H2,1H3;/q;;;;+4/p-4. The summed E-state index contributed by atoms with van der Waals surface area (Å²) in [4.78, 5) is 0. The predicted molar refractivity (Wildman–Crippen MR) is 109 cm³/mol. The van der Waals surface area contributed by atoms with Crippen LogP contribution >= 0.6 is 71.1 Å². The number of rotatable bonds is 8. The molecule has 0 bridgehead atoms. The Morgan fingerprint density at radius 3 is 1.42 bits per heavy atom. The van der Waals surface area contributed by atoms with Crippen LogP contribution in [0.5, 0.6) is 0 Å². The fraction of sp³-hybridized carbons (Fsp3) is 1.00. The van der Waals surface area contributed by atoms with Crippen molar-refractivity contribution in [3.05, 3.63) is 0 Å². The summed E-state index contributed by atoms with van der Waals surface area (Å²) in [5, 5.41) is 0. The molecule has 0 aromatic carbocycles. The van der Waals surface area contributed by atoms with Gasteiger partial charge in [-0.3, -0.25) is 0 Å². The summed E-state index contributed by atoms with van der Waals surface area (Å²) in [7, 11) is 9.90. The molecule has 0 radical (unpaired) electrons. The zero-order chi connectivity index (χ0) is 13.1. The van der Waals surface area contributed by atoms with Crippen LogP contribution in [0.1, 0.15) is 26.2 Å². The van der Waals surface area contributed by atoms with E-state index in [9.17, 15) is 0 Å². The van der Waals surface area contributed by atoms with Crippen molar-refractivity contribution in [2.75, 3.05) is 23.0 Å². The average molecular weight is 495 g/mol. The maximum absolute atomic E-state index is 2.49. The van der Waals surface area contributed by atoms with Crippen molar-refractivity contribution in [1.29, 1.82) is 0 Å². The molecule has 0 saturated carbocycles. The molecular formula is C11H20S7Sn. The zero-order valence-corrected chi connectivity index (χ0v) is 19.6. The van der Waals surface area contributed by atoms with Gasteiger partial charge in [-0.1, -0.05) is 0 Å². The van der Waals surface area contributed by atoms with E-state index in [1.165, 1.54) is 42.3 Å². The van der Waals surface area contributed by atoms with E-state index < -0.39 is 12.8 Å². The molecule has 8 heteroatoms. The molecule has 0 aromatic heterocycles. The molecular weight excluding hydrogens is 475 g/mol. The van der Waals surface area contributed by atoms with Crippen LogP contribution in [0.25, 0.3) is 0 Å². The number of hydrogen-bond acceptors (Lipinski definition) is 7. The van der Waals surface area contributed by atoms with E-state index in [0.29, 0.717) is 0 Å². The summed E-state index contributed by atoms with van der Waals surface area (Å²) >= 11 is 4.53. The molecule has 0 spiro atoms. The number of hydrogen-bond donors (Lipinski definition) is 0. The first-order chi connectivity index (χ1) is 9.30. The first-order valence-electron chi connectivity index (χ1n) is 6.82. The minimum absolute atomic E-state index is 0.963. The van der Waals surface area contributed by atoms with Gasteiger partial charge in [0.25, 0.3) is 0 Å². The molecule has 3 saturated heterocycles. The predicted octanol–water partition coefficient (Wildman–Crippen LogP) is 5.76. The third-order valence-electron chi connectivity index (χ3n) is 3.12. The molecule has 3 atom stereocenters. The van der Waals surface area contributed by atoms with Crippen LogP contribution < -0.4 is 0 Å². The SMILES string of the molecule is CC[S][Sn]([S]C1CCS1)([S]C1CCS1)[S]C1CCS1. The fourth-order valence-corrected chi connectivity index (χ4v) is 85.7. The molecule has 3 aliphatic heterocycles. The van der Waals surface area contributed by atoms with Crippen molar-refractivity contribution in [3.63, 3.8) is 0 Å². The van der Waals surface area contributed by atoms with Crippen molar-refractivity contribution < 1.29 is 0 Å². The molecule has 0 aliphatic carbocycles. The molecule has 0 nitrogen and oxygen atoms in total. The summed E-state index contributed by atoms with van der Waals surface area (Å²) < 4.78 is 2.89. The van der Waals surface area contributed by atoms with Crippen molar-refractivity contribution >= 4 is 83.9 Å². The van der Waals surface area contributed by atoms with Gasteiger partial charge in [-0.05, 0) is 0 Å². The maximum atomic E-state index is 2.49. The summed E-state index contributed by atoms with van der Waals surface area (Å²) in [5.41, 5.74) is 0. The zero-order valence-electron chi connectivity index (χ0n) is 11.0. The van der Waals surface area contributed by atoms with Gasteiger partial charge < -0.3 is 0 Å². The molecule has 19 heavy (non-hydrogen) atoms. The molecule has 3 fully saturated rings. The van der Waals surface area contributed by atoms with E-state index in [1.54, 1.807) is 0 Å². The van der Waals surface area contributed by atoms with Crippen LogP contribution in [0, 0.1) is 0 Å². The Morgan fingerprint density at radius 1 is 0.842 bits per heavy atom. The third-order valence-corrected chi connectivity index (χ3v) is 60.6. The molecule has 3 aliphatic rings. The second kappa shape index (κ2) is 8.38. The van der Waals surface area contributed by atoms with Gasteiger partial charge in [0.05, 0.1) is 0 Å². The molecule has 0 N–H and O–H groups in total. The van der Waals surface area contributed by atoms with Crippen molar-refractivity contribution in [1.82, 2.24) is 0 Å². The van der Waals surface area contributed by atoms with Gasteiger partial charge >= 0.3 is 147 Å². The Morgan fingerprint density at radius 2 is 1.21 bits per heavy atom. The van der Waals surface area contributed by atoms with E-state index in [1.807, 2.05) is 0 Å². The first-order valence-corrected chi connectivity index (χ1v) is 27.6. The van der Waals surface area contributed by atoms with Crippen molar-refractivity contribution in [2.45, 2.75) is 39.9 Å².